The number of sulfonamides is 1. The molecule has 0 unspecified atom stereocenters. The van der Waals surface area contributed by atoms with Gasteiger partial charge in [-0.1, -0.05) is 36.2 Å². The highest BCUT2D eigenvalue weighted by atomic mass is 32.2. The number of hydrogen-bond acceptors (Lipinski definition) is 5. The largest absolute Gasteiger partial charge is 0.423 e. The van der Waals surface area contributed by atoms with Crippen LogP contribution in [0, 0.1) is 6.92 Å². The molecule has 3 aromatic rings. The van der Waals surface area contributed by atoms with Gasteiger partial charge in [-0.25, -0.2) is 13.2 Å². The van der Waals surface area contributed by atoms with Crippen molar-refractivity contribution in [2.75, 3.05) is 18.4 Å². The van der Waals surface area contributed by atoms with E-state index in [2.05, 4.69) is 5.32 Å². The molecule has 34 heavy (non-hydrogen) atoms. The first-order valence-corrected chi connectivity index (χ1v) is 12.6. The maximum absolute atomic E-state index is 12.9. The molecule has 8 heteroatoms. The Morgan fingerprint density at radius 3 is 2.29 bits per heavy atom. The lowest BCUT2D eigenvalue weighted by atomic mass is 10.1. The first-order chi connectivity index (χ1) is 16.3. The summed E-state index contributed by atoms with van der Waals surface area (Å²) in [7, 11) is -3.66. The molecule has 7 nitrogen and oxygen atoms in total. The number of benzene rings is 3. The summed E-state index contributed by atoms with van der Waals surface area (Å²) in [5, 5.41) is 2.78. The van der Waals surface area contributed by atoms with Crippen LogP contribution in [0.3, 0.4) is 0 Å². The van der Waals surface area contributed by atoms with E-state index in [0.29, 0.717) is 24.3 Å². The lowest BCUT2D eigenvalue weighted by Gasteiger charge is -2.25. The van der Waals surface area contributed by atoms with E-state index in [1.807, 2.05) is 19.1 Å². The number of nitrogens with zero attached hydrogens (tertiary/aromatic N) is 1. The molecule has 0 radical (unpaired) electrons. The van der Waals surface area contributed by atoms with E-state index >= 15 is 0 Å². The van der Waals surface area contributed by atoms with Gasteiger partial charge in [0, 0.05) is 30.4 Å². The van der Waals surface area contributed by atoms with Crippen molar-refractivity contribution in [1.29, 1.82) is 0 Å². The summed E-state index contributed by atoms with van der Waals surface area (Å²) in [6, 6.07) is 19.5. The number of hydrogen-bond donors (Lipinski definition) is 1. The van der Waals surface area contributed by atoms with Gasteiger partial charge in [0.1, 0.15) is 5.75 Å². The number of rotatable bonds is 6. The Labute approximate surface area is 199 Å². The van der Waals surface area contributed by atoms with Crippen LogP contribution >= 0.6 is 0 Å². The fourth-order valence-electron chi connectivity index (χ4n) is 3.75. The van der Waals surface area contributed by atoms with Gasteiger partial charge < -0.3 is 10.1 Å². The van der Waals surface area contributed by atoms with Crippen molar-refractivity contribution >= 4 is 27.6 Å². The second kappa shape index (κ2) is 10.2. The Morgan fingerprint density at radius 1 is 0.853 bits per heavy atom. The predicted molar refractivity (Wildman–Crippen MR) is 130 cm³/mol. The minimum atomic E-state index is -3.66. The fraction of sp³-hybridized carbons (Fsp3) is 0.231. The van der Waals surface area contributed by atoms with Gasteiger partial charge in [-0.15, -0.1) is 0 Å². The molecule has 0 spiro atoms. The standard InChI is InChI=1S/C26H26N2O5S/c1-19-11-13-20(14-12-19)25(29)27-22-8-6-9-23(18-22)33-26(30)21-7-5-10-24(17-21)34(31,32)28-15-3-2-4-16-28/h5-14,17-18H,2-4,15-16H2,1H3,(H,27,29). The third kappa shape index (κ3) is 5.52. The summed E-state index contributed by atoms with van der Waals surface area (Å²) >= 11 is 0. The Bertz CT molecular complexity index is 1300. The van der Waals surface area contributed by atoms with Crippen LogP contribution in [0.1, 0.15) is 45.5 Å². The lowest BCUT2D eigenvalue weighted by molar-refractivity contribution is 0.0734. The zero-order valence-electron chi connectivity index (χ0n) is 18.9. The zero-order valence-corrected chi connectivity index (χ0v) is 19.7. The van der Waals surface area contributed by atoms with Crippen LogP contribution < -0.4 is 10.1 Å². The van der Waals surface area contributed by atoms with Crippen LogP contribution in [-0.4, -0.2) is 37.7 Å². The summed E-state index contributed by atoms with van der Waals surface area (Å²) in [5.41, 5.74) is 2.17. The number of nitrogens with one attached hydrogen (secondary N) is 1. The monoisotopic (exact) mass is 478 g/mol. The molecule has 1 fully saturated rings. The van der Waals surface area contributed by atoms with E-state index in [1.54, 1.807) is 30.3 Å². The topological polar surface area (TPSA) is 92.8 Å². The van der Waals surface area contributed by atoms with Gasteiger partial charge in [0.05, 0.1) is 10.5 Å². The summed E-state index contributed by atoms with van der Waals surface area (Å²) in [4.78, 5) is 25.3. The smallest absolute Gasteiger partial charge is 0.343 e. The molecule has 0 atom stereocenters. The molecule has 0 saturated carbocycles. The SMILES string of the molecule is Cc1ccc(C(=O)Nc2cccc(OC(=O)c3cccc(S(=O)(=O)N4CCCCC4)c3)c2)cc1. The number of amides is 1. The molecule has 1 N–H and O–H groups in total. The van der Waals surface area contributed by atoms with Crippen LogP contribution in [0.15, 0.2) is 77.7 Å². The minimum absolute atomic E-state index is 0.0722. The van der Waals surface area contributed by atoms with Crippen LogP contribution in [-0.2, 0) is 10.0 Å². The van der Waals surface area contributed by atoms with Crippen molar-refractivity contribution in [2.45, 2.75) is 31.1 Å². The van der Waals surface area contributed by atoms with Crippen LogP contribution in [0.4, 0.5) is 5.69 Å². The molecule has 1 aliphatic rings. The Hall–Kier alpha value is -3.49. The van der Waals surface area contributed by atoms with E-state index in [1.165, 1.54) is 34.6 Å². The van der Waals surface area contributed by atoms with Gasteiger partial charge >= 0.3 is 5.97 Å². The molecule has 1 aliphatic heterocycles. The number of anilines is 1. The maximum Gasteiger partial charge on any atom is 0.343 e. The fourth-order valence-corrected chi connectivity index (χ4v) is 5.31. The molecule has 3 aromatic carbocycles. The van der Waals surface area contributed by atoms with E-state index in [4.69, 9.17) is 4.74 Å². The van der Waals surface area contributed by atoms with Crippen molar-refractivity contribution in [3.63, 3.8) is 0 Å². The molecule has 4 rings (SSSR count). The summed E-state index contributed by atoms with van der Waals surface area (Å²) in [5.74, 6) is -0.729. The second-order valence-corrected chi connectivity index (χ2v) is 10.2. The molecule has 0 aromatic heterocycles. The first-order valence-electron chi connectivity index (χ1n) is 11.1. The third-order valence-electron chi connectivity index (χ3n) is 5.64. The second-order valence-electron chi connectivity index (χ2n) is 8.23. The van der Waals surface area contributed by atoms with Crippen LogP contribution in [0.2, 0.25) is 0 Å². The number of ether oxygens (including phenoxy) is 1. The van der Waals surface area contributed by atoms with E-state index < -0.39 is 16.0 Å². The van der Waals surface area contributed by atoms with Gasteiger partial charge in [0.2, 0.25) is 10.0 Å². The van der Waals surface area contributed by atoms with Crippen LogP contribution in [0.5, 0.6) is 5.75 Å². The van der Waals surface area contributed by atoms with Gasteiger partial charge in [-0.05, 0) is 62.2 Å². The highest BCUT2D eigenvalue weighted by molar-refractivity contribution is 7.89. The normalized spacial score (nSPS) is 14.4. The van der Waals surface area contributed by atoms with Crippen molar-refractivity contribution in [2.24, 2.45) is 0 Å². The highest BCUT2D eigenvalue weighted by Gasteiger charge is 2.26. The van der Waals surface area contributed by atoms with Gasteiger partial charge in [-0.2, -0.15) is 4.31 Å². The Kier molecular flexibility index (Phi) is 7.09. The number of aryl methyl sites for hydroxylation is 1. The number of carbonyl (C=O) groups is 2. The van der Waals surface area contributed by atoms with Gasteiger partial charge in [-0.3, -0.25) is 4.79 Å². The minimum Gasteiger partial charge on any atom is -0.423 e. The highest BCUT2D eigenvalue weighted by Crippen LogP contribution is 2.23. The van der Waals surface area contributed by atoms with Gasteiger partial charge in [0.25, 0.3) is 5.91 Å². The predicted octanol–water partition coefficient (Wildman–Crippen LogP) is 4.64. The lowest BCUT2D eigenvalue weighted by Crippen LogP contribution is -2.35. The summed E-state index contributed by atoms with van der Waals surface area (Å²) < 4.78 is 32.8. The Balaban J connectivity index is 1.46. The van der Waals surface area contributed by atoms with E-state index in [-0.39, 0.29) is 22.1 Å². The molecular formula is C26H26N2O5S. The average Bonchev–Trinajstić information content (AvgIpc) is 2.85. The zero-order chi connectivity index (χ0) is 24.1. The summed E-state index contributed by atoms with van der Waals surface area (Å²) in [6.07, 6.45) is 2.68. The number of carbonyl (C=O) groups excluding carboxylic acids is 2. The van der Waals surface area contributed by atoms with Gasteiger partial charge in [0.15, 0.2) is 0 Å². The quantitative estimate of drug-likeness (QED) is 0.412. The molecule has 0 bridgehead atoms. The third-order valence-corrected chi connectivity index (χ3v) is 7.53. The molecule has 1 heterocycles. The first kappa shape index (κ1) is 23.7. The number of piperidine rings is 1. The van der Waals surface area contributed by atoms with Crippen LogP contribution in [0.25, 0.3) is 0 Å². The van der Waals surface area contributed by atoms with Crippen molar-refractivity contribution in [1.82, 2.24) is 4.31 Å². The molecule has 1 saturated heterocycles. The maximum atomic E-state index is 12.9. The van der Waals surface area contributed by atoms with Crippen molar-refractivity contribution in [3.05, 3.63) is 89.5 Å². The van der Waals surface area contributed by atoms with Crippen molar-refractivity contribution < 1.29 is 22.7 Å². The molecule has 176 valence electrons. The number of esters is 1. The van der Waals surface area contributed by atoms with E-state index in [0.717, 1.165) is 24.8 Å². The summed E-state index contributed by atoms with van der Waals surface area (Å²) in [6.45, 7) is 2.91. The molecular weight excluding hydrogens is 452 g/mol. The average molecular weight is 479 g/mol. The van der Waals surface area contributed by atoms with E-state index in [9.17, 15) is 18.0 Å². The van der Waals surface area contributed by atoms with Crippen molar-refractivity contribution in [3.8, 4) is 5.75 Å². The molecule has 0 aliphatic carbocycles. The molecule has 1 amide bonds. The Morgan fingerprint density at radius 2 is 1.56 bits per heavy atom.